The molecule has 0 spiro atoms. The van der Waals surface area contributed by atoms with E-state index in [9.17, 15) is 22.3 Å². The predicted octanol–water partition coefficient (Wildman–Crippen LogP) is 4.23. The quantitative estimate of drug-likeness (QED) is 0.551. The molecule has 1 aromatic heterocycles. The van der Waals surface area contributed by atoms with Crippen LogP contribution in [0.2, 0.25) is 5.02 Å². The molecular weight excluding hydrogens is 450 g/mol. The summed E-state index contributed by atoms with van der Waals surface area (Å²) in [5, 5.41) is 6.64. The maximum absolute atomic E-state index is 14.8. The minimum Gasteiger partial charge on any atom is -0.322 e. The normalized spacial score (nSPS) is 16.1. The molecule has 1 amide bonds. The second-order valence-electron chi connectivity index (χ2n) is 7.03. The molecule has 1 aliphatic rings. The molecule has 2 atom stereocenters. The molecular formula is C20H17ClF2N4O3S. The maximum Gasteiger partial charge on any atom is 0.263 e. The lowest BCUT2D eigenvalue weighted by Gasteiger charge is -2.25. The summed E-state index contributed by atoms with van der Waals surface area (Å²) in [4.78, 5) is 12.9. The number of benzene rings is 2. The smallest absolute Gasteiger partial charge is 0.263 e. The standard InChI is InChI=1S/C20H17ClF2N4O3S/c1-26-9-8-18(25-26)27(31(29)30)17-7-4-12-13(3-6-16(23)19(12)17)20(28)24-11-2-5-15(22)14(21)10-11/h2-3,5-6,8-10,17H,4,7H2,1H3,(H,24,28)(H,29,30)/t17-/m0/s1. The fourth-order valence-electron chi connectivity index (χ4n) is 3.78. The fraction of sp³-hybridized carbons (Fsp3) is 0.200. The lowest BCUT2D eigenvalue weighted by molar-refractivity contribution is 0.102. The Morgan fingerprint density at radius 3 is 2.68 bits per heavy atom. The van der Waals surface area contributed by atoms with Crippen molar-refractivity contribution < 1.29 is 22.3 Å². The van der Waals surface area contributed by atoms with Gasteiger partial charge in [-0.2, -0.15) is 5.10 Å². The first-order valence-electron chi connectivity index (χ1n) is 9.23. The van der Waals surface area contributed by atoms with E-state index in [-0.39, 0.29) is 27.7 Å². The Morgan fingerprint density at radius 1 is 1.29 bits per heavy atom. The number of amides is 1. The monoisotopic (exact) mass is 466 g/mol. The first kappa shape index (κ1) is 21.4. The number of rotatable bonds is 5. The summed E-state index contributed by atoms with van der Waals surface area (Å²) < 4.78 is 52.7. The van der Waals surface area contributed by atoms with Gasteiger partial charge in [0.2, 0.25) is 0 Å². The van der Waals surface area contributed by atoms with E-state index in [1.165, 1.54) is 22.9 Å². The molecule has 7 nitrogen and oxygen atoms in total. The summed E-state index contributed by atoms with van der Waals surface area (Å²) in [7, 11) is 1.66. The molecule has 0 aliphatic heterocycles. The van der Waals surface area contributed by atoms with Gasteiger partial charge in [-0.05, 0) is 48.7 Å². The molecule has 31 heavy (non-hydrogen) atoms. The average molecular weight is 467 g/mol. The largest absolute Gasteiger partial charge is 0.322 e. The molecule has 0 saturated carbocycles. The summed E-state index contributed by atoms with van der Waals surface area (Å²) in [6.07, 6.45) is 2.26. The molecule has 0 bridgehead atoms. The number of fused-ring (bicyclic) bond motifs is 1. The maximum atomic E-state index is 14.8. The third-order valence-corrected chi connectivity index (χ3v) is 6.17. The van der Waals surface area contributed by atoms with Crippen LogP contribution < -0.4 is 9.62 Å². The number of hydrogen-bond donors (Lipinski definition) is 2. The summed E-state index contributed by atoms with van der Waals surface area (Å²) in [6, 6.07) is 7.06. The second-order valence-corrected chi connectivity index (χ2v) is 8.29. The molecule has 3 aromatic rings. The summed E-state index contributed by atoms with van der Waals surface area (Å²) in [5.41, 5.74) is 1.14. The molecule has 11 heteroatoms. The number of nitrogens with zero attached hydrogens (tertiary/aromatic N) is 3. The number of carbonyl (C=O) groups is 1. The second kappa shape index (κ2) is 8.37. The number of carbonyl (C=O) groups excluding carboxylic acids is 1. The summed E-state index contributed by atoms with van der Waals surface area (Å²) in [6.45, 7) is 0. The van der Waals surface area contributed by atoms with Crippen LogP contribution in [0.5, 0.6) is 0 Å². The summed E-state index contributed by atoms with van der Waals surface area (Å²) in [5.74, 6) is -1.49. The Labute approximate surface area is 184 Å². The van der Waals surface area contributed by atoms with Gasteiger partial charge in [0, 0.05) is 36.1 Å². The molecule has 0 fully saturated rings. The van der Waals surface area contributed by atoms with Crippen molar-refractivity contribution >= 4 is 40.3 Å². The molecule has 0 radical (unpaired) electrons. The zero-order valence-corrected chi connectivity index (χ0v) is 17.8. The average Bonchev–Trinajstić information content (AvgIpc) is 3.33. The summed E-state index contributed by atoms with van der Waals surface area (Å²) >= 11 is 3.30. The zero-order valence-electron chi connectivity index (χ0n) is 16.2. The van der Waals surface area contributed by atoms with Gasteiger partial charge in [-0.1, -0.05) is 11.6 Å². The van der Waals surface area contributed by atoms with E-state index in [1.807, 2.05) is 0 Å². The van der Waals surface area contributed by atoms with Gasteiger partial charge in [0.1, 0.15) is 11.6 Å². The number of aryl methyl sites for hydroxylation is 1. The first-order chi connectivity index (χ1) is 14.8. The molecule has 0 saturated heterocycles. The van der Waals surface area contributed by atoms with Crippen LogP contribution in [-0.2, 0) is 24.7 Å². The zero-order chi connectivity index (χ0) is 22.3. The van der Waals surface area contributed by atoms with Crippen LogP contribution in [0.4, 0.5) is 20.3 Å². The van der Waals surface area contributed by atoms with E-state index in [0.717, 1.165) is 16.4 Å². The van der Waals surface area contributed by atoms with Gasteiger partial charge < -0.3 is 5.32 Å². The van der Waals surface area contributed by atoms with E-state index >= 15 is 0 Å². The number of nitrogens with one attached hydrogen (secondary N) is 1. The number of anilines is 2. The van der Waals surface area contributed by atoms with Crippen LogP contribution in [-0.4, -0.2) is 24.4 Å². The van der Waals surface area contributed by atoms with Crippen LogP contribution in [0, 0.1) is 11.6 Å². The molecule has 1 heterocycles. The lowest BCUT2D eigenvalue weighted by atomic mass is 10.0. The highest BCUT2D eigenvalue weighted by Gasteiger charge is 2.37. The van der Waals surface area contributed by atoms with E-state index in [2.05, 4.69) is 10.4 Å². The number of halogens is 3. The predicted molar refractivity (Wildman–Crippen MR) is 113 cm³/mol. The third kappa shape index (κ3) is 4.06. The highest BCUT2D eigenvalue weighted by Crippen LogP contribution is 2.41. The van der Waals surface area contributed by atoms with E-state index < -0.39 is 34.8 Å². The Morgan fingerprint density at radius 2 is 2.03 bits per heavy atom. The number of hydrogen-bond acceptors (Lipinski definition) is 3. The van der Waals surface area contributed by atoms with Crippen molar-refractivity contribution in [1.82, 2.24) is 9.78 Å². The van der Waals surface area contributed by atoms with E-state index in [4.69, 9.17) is 11.6 Å². The number of aromatic nitrogens is 2. The topological polar surface area (TPSA) is 87.5 Å². The van der Waals surface area contributed by atoms with Crippen molar-refractivity contribution in [3.8, 4) is 0 Å². The van der Waals surface area contributed by atoms with Gasteiger partial charge >= 0.3 is 0 Å². The molecule has 4 rings (SSSR count). The Hall–Kier alpha value is -2.82. The SMILES string of the molecule is Cn1ccc(N([C@H]2CCc3c(C(=O)Nc4ccc(F)c(Cl)c4)ccc(F)c32)S(=O)O)n1. The highest BCUT2D eigenvalue weighted by atomic mass is 35.5. The van der Waals surface area contributed by atoms with Gasteiger partial charge in [0.15, 0.2) is 5.82 Å². The van der Waals surface area contributed by atoms with Crippen molar-refractivity contribution in [2.45, 2.75) is 18.9 Å². The van der Waals surface area contributed by atoms with Crippen molar-refractivity contribution in [3.05, 3.63) is 75.9 Å². The minimum atomic E-state index is -2.46. The van der Waals surface area contributed by atoms with E-state index in [0.29, 0.717) is 18.4 Å². The van der Waals surface area contributed by atoms with Gasteiger partial charge in [0.05, 0.1) is 11.1 Å². The van der Waals surface area contributed by atoms with Crippen molar-refractivity contribution in [1.29, 1.82) is 0 Å². The van der Waals surface area contributed by atoms with Gasteiger partial charge in [-0.15, -0.1) is 0 Å². The van der Waals surface area contributed by atoms with Gasteiger partial charge in [-0.3, -0.25) is 14.0 Å². The Kier molecular flexibility index (Phi) is 5.78. The van der Waals surface area contributed by atoms with Crippen LogP contribution in [0.15, 0.2) is 42.6 Å². The van der Waals surface area contributed by atoms with Crippen LogP contribution >= 0.6 is 11.6 Å². The third-order valence-electron chi connectivity index (χ3n) is 5.10. The van der Waals surface area contributed by atoms with Gasteiger partial charge in [-0.25, -0.2) is 17.3 Å². The molecule has 2 N–H and O–H groups in total. The van der Waals surface area contributed by atoms with Crippen LogP contribution in [0.1, 0.15) is 33.9 Å². The van der Waals surface area contributed by atoms with Crippen molar-refractivity contribution in [2.75, 3.05) is 9.62 Å². The Balaban J connectivity index is 1.70. The fourth-order valence-corrected chi connectivity index (χ4v) is 4.65. The molecule has 1 unspecified atom stereocenters. The lowest BCUT2D eigenvalue weighted by Crippen LogP contribution is -2.30. The molecule has 162 valence electrons. The van der Waals surface area contributed by atoms with Crippen LogP contribution in [0.3, 0.4) is 0 Å². The van der Waals surface area contributed by atoms with Crippen LogP contribution in [0.25, 0.3) is 0 Å². The molecule has 1 aliphatic carbocycles. The van der Waals surface area contributed by atoms with Crippen molar-refractivity contribution in [3.63, 3.8) is 0 Å². The first-order valence-corrected chi connectivity index (χ1v) is 10.7. The van der Waals surface area contributed by atoms with E-state index in [1.54, 1.807) is 19.3 Å². The highest BCUT2D eigenvalue weighted by molar-refractivity contribution is 7.80. The minimum absolute atomic E-state index is 0.140. The van der Waals surface area contributed by atoms with Gasteiger partial charge in [0.25, 0.3) is 17.2 Å². The molecule has 2 aromatic carbocycles. The van der Waals surface area contributed by atoms with Crippen molar-refractivity contribution in [2.24, 2.45) is 7.05 Å². The Bertz CT molecular complexity index is 1200.